The number of piperazine rings is 1. The maximum Gasteiger partial charge on any atom is 0.215 e. The van der Waals surface area contributed by atoms with Crippen LogP contribution in [0.4, 0.5) is 0 Å². The zero-order valence-electron chi connectivity index (χ0n) is 13.1. The highest BCUT2D eigenvalue weighted by atomic mass is 32.2. The molecule has 0 spiro atoms. The molecule has 0 aromatic rings. The topological polar surface area (TPSA) is 52.7 Å². The van der Waals surface area contributed by atoms with Crippen molar-refractivity contribution in [3.8, 4) is 0 Å². The molecule has 0 radical (unpaired) electrons. The predicted octanol–water partition coefficient (Wildman–Crippen LogP) is 0.874. The third-order valence-corrected chi connectivity index (χ3v) is 6.38. The van der Waals surface area contributed by atoms with Crippen molar-refractivity contribution in [3.05, 3.63) is 0 Å². The van der Waals surface area contributed by atoms with E-state index in [1.807, 2.05) is 0 Å². The van der Waals surface area contributed by atoms with Crippen LogP contribution in [0.3, 0.4) is 0 Å². The number of hydrogen-bond acceptors (Lipinski definition) is 4. The van der Waals surface area contributed by atoms with Crippen LogP contribution in [0.5, 0.6) is 0 Å². The molecule has 2 aliphatic rings. The second kappa shape index (κ2) is 6.30. The van der Waals surface area contributed by atoms with Gasteiger partial charge in [0.25, 0.3) is 0 Å². The minimum Gasteiger partial charge on any atom is -0.313 e. The van der Waals surface area contributed by atoms with E-state index in [0.29, 0.717) is 13.1 Å². The molecule has 2 fully saturated rings. The van der Waals surface area contributed by atoms with E-state index in [0.717, 1.165) is 32.5 Å². The molecule has 1 atom stereocenters. The predicted molar refractivity (Wildman–Crippen MR) is 82.3 cm³/mol. The third kappa shape index (κ3) is 4.16. The van der Waals surface area contributed by atoms with Crippen molar-refractivity contribution in [2.24, 2.45) is 0 Å². The standard InChI is InChI=1S/C14H29N3O2S/c1-14(2,3)16-8-10-17(11-9-16)20(18,19)12-13-6-4-5-7-15-13/h13,15H,4-12H2,1-3H3. The Hall–Kier alpha value is -0.170. The molecule has 2 saturated heterocycles. The molecule has 0 aromatic heterocycles. The van der Waals surface area contributed by atoms with Gasteiger partial charge in [0.05, 0.1) is 5.75 Å². The first-order valence-corrected chi connectivity index (χ1v) is 9.36. The van der Waals surface area contributed by atoms with Gasteiger partial charge in [0.2, 0.25) is 10.0 Å². The summed E-state index contributed by atoms with van der Waals surface area (Å²) in [6.45, 7) is 10.4. The van der Waals surface area contributed by atoms with E-state index in [9.17, 15) is 8.42 Å². The molecular formula is C14H29N3O2S. The largest absolute Gasteiger partial charge is 0.313 e. The van der Waals surface area contributed by atoms with Gasteiger partial charge in [-0.15, -0.1) is 0 Å². The van der Waals surface area contributed by atoms with E-state index < -0.39 is 10.0 Å². The third-order valence-electron chi connectivity index (χ3n) is 4.40. The van der Waals surface area contributed by atoms with Crippen molar-refractivity contribution in [2.75, 3.05) is 38.5 Å². The SMILES string of the molecule is CC(C)(C)N1CCN(S(=O)(=O)CC2CCCCN2)CC1. The first-order chi connectivity index (χ1) is 9.29. The normalized spacial score (nSPS) is 27.6. The Balaban J connectivity index is 1.88. The van der Waals surface area contributed by atoms with E-state index in [1.54, 1.807) is 4.31 Å². The highest BCUT2D eigenvalue weighted by molar-refractivity contribution is 7.89. The number of hydrogen-bond donors (Lipinski definition) is 1. The highest BCUT2D eigenvalue weighted by Gasteiger charge is 2.32. The zero-order valence-corrected chi connectivity index (χ0v) is 13.9. The molecule has 20 heavy (non-hydrogen) atoms. The number of nitrogens with one attached hydrogen (secondary N) is 1. The van der Waals surface area contributed by atoms with Gasteiger partial charge in [-0.05, 0) is 40.2 Å². The fourth-order valence-corrected chi connectivity index (χ4v) is 4.79. The number of rotatable bonds is 3. The number of sulfonamides is 1. The summed E-state index contributed by atoms with van der Waals surface area (Å²) in [5, 5.41) is 3.33. The molecule has 118 valence electrons. The van der Waals surface area contributed by atoms with Gasteiger partial charge in [-0.3, -0.25) is 4.90 Å². The van der Waals surface area contributed by atoms with E-state index in [-0.39, 0.29) is 17.3 Å². The molecule has 2 aliphatic heterocycles. The molecule has 0 saturated carbocycles. The molecule has 2 rings (SSSR count). The minimum absolute atomic E-state index is 0.126. The van der Waals surface area contributed by atoms with E-state index >= 15 is 0 Å². The van der Waals surface area contributed by atoms with Gasteiger partial charge in [0, 0.05) is 37.8 Å². The molecule has 1 unspecified atom stereocenters. The quantitative estimate of drug-likeness (QED) is 0.841. The second-order valence-electron chi connectivity index (χ2n) is 6.98. The van der Waals surface area contributed by atoms with Crippen molar-refractivity contribution in [1.82, 2.24) is 14.5 Å². The van der Waals surface area contributed by atoms with E-state index in [1.165, 1.54) is 6.42 Å². The maximum atomic E-state index is 12.5. The summed E-state index contributed by atoms with van der Waals surface area (Å²) >= 11 is 0. The fraction of sp³-hybridized carbons (Fsp3) is 1.00. The van der Waals surface area contributed by atoms with E-state index in [2.05, 4.69) is 31.0 Å². The highest BCUT2D eigenvalue weighted by Crippen LogP contribution is 2.18. The average molecular weight is 303 g/mol. The lowest BCUT2D eigenvalue weighted by molar-refractivity contribution is 0.0920. The number of piperidine rings is 1. The van der Waals surface area contributed by atoms with Gasteiger partial charge >= 0.3 is 0 Å². The van der Waals surface area contributed by atoms with Gasteiger partial charge in [0.15, 0.2) is 0 Å². The smallest absolute Gasteiger partial charge is 0.215 e. The lowest BCUT2D eigenvalue weighted by Gasteiger charge is -2.42. The van der Waals surface area contributed by atoms with Crippen molar-refractivity contribution in [1.29, 1.82) is 0 Å². The van der Waals surface area contributed by atoms with Crippen LogP contribution in [-0.2, 0) is 10.0 Å². The summed E-state index contributed by atoms with van der Waals surface area (Å²) < 4.78 is 26.6. The second-order valence-corrected chi connectivity index (χ2v) is 9.00. The molecule has 0 aliphatic carbocycles. The van der Waals surface area contributed by atoms with Gasteiger partial charge in [-0.25, -0.2) is 8.42 Å². The van der Waals surface area contributed by atoms with Crippen LogP contribution in [0.15, 0.2) is 0 Å². The molecule has 0 amide bonds. The van der Waals surface area contributed by atoms with Gasteiger partial charge in [-0.1, -0.05) is 6.42 Å². The van der Waals surface area contributed by atoms with Crippen LogP contribution in [0.25, 0.3) is 0 Å². The molecule has 2 heterocycles. The Labute approximate surface area is 123 Å². The zero-order chi connectivity index (χ0) is 14.8. The molecule has 0 bridgehead atoms. The summed E-state index contributed by atoms with van der Waals surface area (Å²) in [4.78, 5) is 2.36. The van der Waals surface area contributed by atoms with Crippen LogP contribution in [0.2, 0.25) is 0 Å². The summed E-state index contributed by atoms with van der Waals surface area (Å²) in [6, 6.07) is 0.148. The Kier molecular flexibility index (Phi) is 5.10. The molecule has 0 aromatic carbocycles. The summed E-state index contributed by atoms with van der Waals surface area (Å²) in [5.41, 5.74) is 0.126. The Morgan fingerprint density at radius 1 is 1.10 bits per heavy atom. The van der Waals surface area contributed by atoms with Crippen LogP contribution in [-0.4, -0.2) is 67.7 Å². The van der Waals surface area contributed by atoms with Gasteiger partial charge in [0.1, 0.15) is 0 Å². The van der Waals surface area contributed by atoms with Gasteiger partial charge < -0.3 is 5.32 Å². The fourth-order valence-electron chi connectivity index (χ4n) is 3.06. The Bertz CT molecular complexity index is 403. The lowest BCUT2D eigenvalue weighted by Crippen LogP contribution is -2.56. The molecular weight excluding hydrogens is 274 g/mol. The molecule has 5 nitrogen and oxygen atoms in total. The number of nitrogens with zero attached hydrogens (tertiary/aromatic N) is 2. The maximum absolute atomic E-state index is 12.5. The van der Waals surface area contributed by atoms with Crippen LogP contribution >= 0.6 is 0 Å². The first kappa shape index (κ1) is 16.2. The van der Waals surface area contributed by atoms with Crippen LogP contribution in [0, 0.1) is 0 Å². The summed E-state index contributed by atoms with van der Waals surface area (Å²) in [5.74, 6) is 0.266. The minimum atomic E-state index is -3.11. The molecule has 1 N–H and O–H groups in total. The van der Waals surface area contributed by atoms with Crippen LogP contribution in [0.1, 0.15) is 40.0 Å². The Morgan fingerprint density at radius 2 is 1.75 bits per heavy atom. The van der Waals surface area contributed by atoms with Crippen LogP contribution < -0.4 is 5.32 Å². The average Bonchev–Trinajstić information content (AvgIpc) is 2.38. The van der Waals surface area contributed by atoms with Crippen molar-refractivity contribution in [3.63, 3.8) is 0 Å². The van der Waals surface area contributed by atoms with Crippen molar-refractivity contribution in [2.45, 2.75) is 51.6 Å². The van der Waals surface area contributed by atoms with Crippen molar-refractivity contribution >= 4 is 10.0 Å². The lowest BCUT2D eigenvalue weighted by atomic mass is 10.1. The van der Waals surface area contributed by atoms with Crippen molar-refractivity contribution < 1.29 is 8.42 Å². The molecule has 6 heteroatoms. The van der Waals surface area contributed by atoms with E-state index in [4.69, 9.17) is 0 Å². The monoisotopic (exact) mass is 303 g/mol. The summed E-state index contributed by atoms with van der Waals surface area (Å²) in [7, 11) is -3.11. The first-order valence-electron chi connectivity index (χ1n) is 7.75. The summed E-state index contributed by atoms with van der Waals surface area (Å²) in [6.07, 6.45) is 3.30. The van der Waals surface area contributed by atoms with Gasteiger partial charge in [-0.2, -0.15) is 4.31 Å². The Morgan fingerprint density at radius 3 is 2.25 bits per heavy atom.